The Morgan fingerprint density at radius 3 is 2.58 bits per heavy atom. The van der Waals surface area contributed by atoms with Gasteiger partial charge >= 0.3 is 5.97 Å². The van der Waals surface area contributed by atoms with Gasteiger partial charge in [-0.05, 0) is 32.9 Å². The van der Waals surface area contributed by atoms with Crippen LogP contribution in [0, 0.1) is 0 Å². The molecule has 0 unspecified atom stereocenters. The van der Waals surface area contributed by atoms with Crippen molar-refractivity contribution in [3.8, 4) is 0 Å². The van der Waals surface area contributed by atoms with Crippen molar-refractivity contribution in [3.05, 3.63) is 36.7 Å². The maximum Gasteiger partial charge on any atom is 0.352 e. The van der Waals surface area contributed by atoms with Crippen molar-refractivity contribution in [3.63, 3.8) is 0 Å². The summed E-state index contributed by atoms with van der Waals surface area (Å²) in [7, 11) is 0. The van der Waals surface area contributed by atoms with E-state index >= 15 is 0 Å². The fourth-order valence-corrected chi connectivity index (χ4v) is 1.86. The van der Waals surface area contributed by atoms with Gasteiger partial charge in [-0.25, -0.2) is 4.79 Å². The molecule has 1 heterocycles. The Hall–Kier alpha value is -2.04. The molecule has 1 N–H and O–H groups in total. The molecular formula is C14H20N2O3. The number of carboxylic acids is 1. The van der Waals surface area contributed by atoms with Crippen LogP contribution in [0.1, 0.15) is 31.3 Å². The topological polar surface area (TPSA) is 62.5 Å². The quantitative estimate of drug-likeness (QED) is 0.827. The number of carboxylic acid groups (broad SMARTS) is 1. The first-order valence-electron chi connectivity index (χ1n) is 6.07. The highest BCUT2D eigenvalue weighted by Crippen LogP contribution is 2.14. The summed E-state index contributed by atoms with van der Waals surface area (Å²) in [6, 6.07) is 3.09. The highest BCUT2D eigenvalue weighted by atomic mass is 16.4. The lowest BCUT2D eigenvalue weighted by Crippen LogP contribution is -2.47. The smallest absolute Gasteiger partial charge is 0.352 e. The summed E-state index contributed by atoms with van der Waals surface area (Å²) in [5, 5.41) is 9.01. The van der Waals surface area contributed by atoms with E-state index in [0.29, 0.717) is 6.54 Å². The fraction of sp³-hybridized carbons (Fsp3) is 0.429. The molecule has 0 aliphatic rings. The normalized spacial score (nSPS) is 11.1. The number of hydrogen-bond acceptors (Lipinski definition) is 2. The summed E-state index contributed by atoms with van der Waals surface area (Å²) < 4.78 is 1.44. The lowest BCUT2D eigenvalue weighted by Gasteiger charge is -2.35. The molecule has 5 nitrogen and oxygen atoms in total. The van der Waals surface area contributed by atoms with E-state index in [0.717, 1.165) is 0 Å². The Kier molecular flexibility index (Phi) is 4.53. The van der Waals surface area contributed by atoms with E-state index in [4.69, 9.17) is 5.11 Å². The van der Waals surface area contributed by atoms with Crippen LogP contribution in [-0.4, -0.2) is 38.5 Å². The van der Waals surface area contributed by atoms with Gasteiger partial charge in [0.2, 0.25) is 5.91 Å². The first kappa shape index (κ1) is 15.0. The molecule has 0 aliphatic heterocycles. The standard InChI is InChI=1S/C14H20N2O3/c1-5-8-16(14(2,3)4)12(17)10-15-9-6-7-11(15)13(18)19/h5-7,9H,1,8,10H2,2-4H3,(H,18,19). The molecular weight excluding hydrogens is 244 g/mol. The van der Waals surface area contributed by atoms with Crippen LogP contribution in [0.2, 0.25) is 0 Å². The number of carbonyl (C=O) groups excluding carboxylic acids is 1. The Bertz CT molecular complexity index is 483. The maximum atomic E-state index is 12.3. The van der Waals surface area contributed by atoms with Crippen molar-refractivity contribution in [1.29, 1.82) is 0 Å². The third-order valence-corrected chi connectivity index (χ3v) is 2.78. The molecule has 1 aromatic heterocycles. The second kappa shape index (κ2) is 5.73. The average molecular weight is 264 g/mol. The number of hydrogen-bond donors (Lipinski definition) is 1. The molecule has 0 aromatic carbocycles. The van der Waals surface area contributed by atoms with Gasteiger partial charge in [0.25, 0.3) is 0 Å². The molecule has 0 spiro atoms. The van der Waals surface area contributed by atoms with Crippen molar-refractivity contribution >= 4 is 11.9 Å². The molecule has 1 rings (SSSR count). The summed E-state index contributed by atoms with van der Waals surface area (Å²) >= 11 is 0. The van der Waals surface area contributed by atoms with Crippen molar-refractivity contribution in [2.45, 2.75) is 32.9 Å². The number of rotatable bonds is 5. The van der Waals surface area contributed by atoms with E-state index in [-0.39, 0.29) is 23.7 Å². The molecule has 0 aliphatic carbocycles. The predicted molar refractivity (Wildman–Crippen MR) is 73.1 cm³/mol. The number of aromatic carboxylic acids is 1. The molecule has 0 saturated heterocycles. The molecule has 0 saturated carbocycles. The Labute approximate surface area is 113 Å². The first-order chi connectivity index (χ1) is 8.77. The lowest BCUT2D eigenvalue weighted by molar-refractivity contribution is -0.135. The van der Waals surface area contributed by atoms with Crippen LogP contribution < -0.4 is 0 Å². The zero-order valence-corrected chi connectivity index (χ0v) is 11.6. The molecule has 0 fully saturated rings. The second-order valence-electron chi connectivity index (χ2n) is 5.29. The van der Waals surface area contributed by atoms with Crippen LogP contribution in [0.15, 0.2) is 31.0 Å². The summed E-state index contributed by atoms with van der Waals surface area (Å²) in [5.74, 6) is -1.17. The molecule has 0 atom stereocenters. The van der Waals surface area contributed by atoms with E-state index in [2.05, 4.69) is 6.58 Å². The second-order valence-corrected chi connectivity index (χ2v) is 5.29. The van der Waals surface area contributed by atoms with Crippen molar-refractivity contribution in [2.24, 2.45) is 0 Å². The SMILES string of the molecule is C=CCN(C(=O)Cn1cccc1C(=O)O)C(C)(C)C. The Morgan fingerprint density at radius 2 is 2.11 bits per heavy atom. The monoisotopic (exact) mass is 264 g/mol. The average Bonchev–Trinajstić information content (AvgIpc) is 2.72. The van der Waals surface area contributed by atoms with Crippen molar-refractivity contribution in [2.75, 3.05) is 6.54 Å². The van der Waals surface area contributed by atoms with Crippen LogP contribution in [0.4, 0.5) is 0 Å². The Morgan fingerprint density at radius 1 is 1.47 bits per heavy atom. The minimum absolute atomic E-state index is 0.0136. The minimum atomic E-state index is -1.04. The zero-order valence-electron chi connectivity index (χ0n) is 11.6. The zero-order chi connectivity index (χ0) is 14.6. The highest BCUT2D eigenvalue weighted by molar-refractivity contribution is 5.87. The summed E-state index contributed by atoms with van der Waals surface area (Å²) in [5.41, 5.74) is -0.220. The van der Waals surface area contributed by atoms with E-state index in [1.165, 1.54) is 10.6 Å². The van der Waals surface area contributed by atoms with Crippen LogP contribution in [0.3, 0.4) is 0 Å². The van der Waals surface area contributed by atoms with Gasteiger partial charge in [0.05, 0.1) is 0 Å². The summed E-state index contributed by atoms with van der Waals surface area (Å²) in [4.78, 5) is 25.0. The molecule has 0 bridgehead atoms. The van der Waals surface area contributed by atoms with Gasteiger partial charge in [0, 0.05) is 18.3 Å². The maximum absolute atomic E-state index is 12.3. The molecule has 0 radical (unpaired) electrons. The number of carbonyl (C=O) groups is 2. The number of nitrogens with zero attached hydrogens (tertiary/aromatic N) is 2. The third-order valence-electron chi connectivity index (χ3n) is 2.78. The molecule has 19 heavy (non-hydrogen) atoms. The van der Waals surface area contributed by atoms with Crippen LogP contribution >= 0.6 is 0 Å². The van der Waals surface area contributed by atoms with E-state index in [1.54, 1.807) is 23.2 Å². The van der Waals surface area contributed by atoms with E-state index < -0.39 is 5.97 Å². The number of aromatic nitrogens is 1. The van der Waals surface area contributed by atoms with Crippen LogP contribution in [0.25, 0.3) is 0 Å². The van der Waals surface area contributed by atoms with Gasteiger partial charge in [0.1, 0.15) is 12.2 Å². The highest BCUT2D eigenvalue weighted by Gasteiger charge is 2.25. The minimum Gasteiger partial charge on any atom is -0.477 e. The predicted octanol–water partition coefficient (Wildman–Crippen LogP) is 2.00. The molecule has 1 aromatic rings. The number of amides is 1. The molecule has 1 amide bonds. The van der Waals surface area contributed by atoms with Gasteiger partial charge in [-0.1, -0.05) is 6.08 Å². The van der Waals surface area contributed by atoms with Crippen LogP contribution in [-0.2, 0) is 11.3 Å². The lowest BCUT2D eigenvalue weighted by atomic mass is 10.1. The van der Waals surface area contributed by atoms with Gasteiger partial charge in [-0.2, -0.15) is 0 Å². The van der Waals surface area contributed by atoms with Crippen molar-refractivity contribution in [1.82, 2.24) is 9.47 Å². The third kappa shape index (κ3) is 3.71. The van der Waals surface area contributed by atoms with Crippen LogP contribution in [0.5, 0.6) is 0 Å². The first-order valence-corrected chi connectivity index (χ1v) is 6.07. The molecule has 104 valence electrons. The van der Waals surface area contributed by atoms with E-state index in [9.17, 15) is 9.59 Å². The van der Waals surface area contributed by atoms with Gasteiger partial charge in [0.15, 0.2) is 0 Å². The summed E-state index contributed by atoms with van der Waals surface area (Å²) in [6.07, 6.45) is 3.26. The van der Waals surface area contributed by atoms with Gasteiger partial charge in [-0.15, -0.1) is 6.58 Å². The summed E-state index contributed by atoms with van der Waals surface area (Å²) in [6.45, 7) is 9.89. The van der Waals surface area contributed by atoms with Gasteiger partial charge in [-0.3, -0.25) is 4.79 Å². The Balaban J connectivity index is 2.91. The van der Waals surface area contributed by atoms with Gasteiger partial charge < -0.3 is 14.6 Å². The largest absolute Gasteiger partial charge is 0.477 e. The van der Waals surface area contributed by atoms with Crippen molar-refractivity contribution < 1.29 is 14.7 Å². The fourth-order valence-electron chi connectivity index (χ4n) is 1.86. The van der Waals surface area contributed by atoms with E-state index in [1.807, 2.05) is 20.8 Å². The molecule has 5 heteroatoms.